The number of nitrogens with one attached hydrogen (secondary N) is 4. The molecule has 0 atom stereocenters. The lowest BCUT2D eigenvalue weighted by Crippen LogP contribution is -2.42. The van der Waals surface area contributed by atoms with Gasteiger partial charge in [-0.25, -0.2) is 13.8 Å². The van der Waals surface area contributed by atoms with E-state index in [1.54, 1.807) is 6.07 Å². The fraction of sp³-hybridized carbons (Fsp3) is 0.357. The van der Waals surface area contributed by atoms with Gasteiger partial charge in [-0.2, -0.15) is 18.2 Å². The Morgan fingerprint density at radius 2 is 1.91 bits per heavy atom. The molecule has 0 saturated carbocycles. The average Bonchev–Trinajstić information content (AvgIpc) is 3.28. The average molecular weight is 606 g/mol. The van der Waals surface area contributed by atoms with E-state index in [9.17, 15) is 31.5 Å². The number of hydrogen-bond acceptors (Lipinski definition) is 8. The fourth-order valence-electron chi connectivity index (χ4n) is 5.00. The van der Waals surface area contributed by atoms with Crippen LogP contribution in [-0.4, -0.2) is 65.9 Å². The summed E-state index contributed by atoms with van der Waals surface area (Å²) >= 11 is 0. The van der Waals surface area contributed by atoms with E-state index in [1.807, 2.05) is 0 Å². The molecule has 2 aliphatic heterocycles. The Kier molecular flexibility index (Phi) is 8.62. The number of amides is 2. The maximum Gasteiger partial charge on any atom is 0.421 e. The van der Waals surface area contributed by atoms with Crippen LogP contribution in [0.1, 0.15) is 44.7 Å². The molecule has 1 fully saturated rings. The third-order valence-electron chi connectivity index (χ3n) is 7.10. The molecule has 43 heavy (non-hydrogen) atoms. The summed E-state index contributed by atoms with van der Waals surface area (Å²) in [4.78, 5) is 34.4. The molecule has 5 rings (SSSR count). The van der Waals surface area contributed by atoms with Crippen LogP contribution < -0.4 is 26.0 Å². The first-order chi connectivity index (χ1) is 20.5. The van der Waals surface area contributed by atoms with E-state index < -0.39 is 36.4 Å². The number of piperidine rings is 1. The number of carbonyl (C=O) groups excluding carboxylic acids is 2. The Balaban J connectivity index is 1.40. The van der Waals surface area contributed by atoms with E-state index in [1.165, 1.54) is 37.4 Å². The summed E-state index contributed by atoms with van der Waals surface area (Å²) in [7, 11) is 1.37. The van der Waals surface area contributed by atoms with Crippen molar-refractivity contribution in [2.45, 2.75) is 38.0 Å². The summed E-state index contributed by atoms with van der Waals surface area (Å²) in [6.45, 7) is 0.716. The molecule has 3 heterocycles. The zero-order chi connectivity index (χ0) is 30.7. The highest BCUT2D eigenvalue weighted by Gasteiger charge is 2.37. The second-order valence-corrected chi connectivity index (χ2v) is 10.0. The van der Waals surface area contributed by atoms with Crippen molar-refractivity contribution < 1.29 is 36.3 Å². The molecule has 0 aliphatic carbocycles. The number of ether oxygens (including phenoxy) is 1. The van der Waals surface area contributed by atoms with Gasteiger partial charge in [0, 0.05) is 24.3 Å². The molecule has 1 aromatic heterocycles. The third-order valence-corrected chi connectivity index (χ3v) is 7.10. The van der Waals surface area contributed by atoms with Crippen LogP contribution in [0.2, 0.25) is 0 Å². The quantitative estimate of drug-likeness (QED) is 0.260. The van der Waals surface area contributed by atoms with Crippen LogP contribution in [0.5, 0.6) is 5.75 Å². The number of nitrogens with zero attached hydrogens (tertiary/aromatic N) is 3. The summed E-state index contributed by atoms with van der Waals surface area (Å²) in [5.41, 5.74) is -0.223. The van der Waals surface area contributed by atoms with Crippen molar-refractivity contribution in [3.8, 4) is 5.75 Å². The van der Waals surface area contributed by atoms with Crippen LogP contribution in [0.15, 0.2) is 42.6 Å². The molecule has 228 valence electrons. The van der Waals surface area contributed by atoms with E-state index in [-0.39, 0.29) is 47.1 Å². The number of aromatic nitrogens is 2. The molecule has 0 radical (unpaired) electrons. The van der Waals surface area contributed by atoms with Crippen molar-refractivity contribution >= 4 is 35.0 Å². The summed E-state index contributed by atoms with van der Waals surface area (Å²) in [5, 5.41) is 11.6. The highest BCUT2D eigenvalue weighted by molar-refractivity contribution is 6.04. The monoisotopic (exact) mass is 605 g/mol. The van der Waals surface area contributed by atoms with Gasteiger partial charge in [0.15, 0.2) is 0 Å². The number of halogens is 5. The molecule has 3 aromatic rings. The zero-order valence-electron chi connectivity index (χ0n) is 22.9. The lowest BCUT2D eigenvalue weighted by molar-refractivity contribution is -0.137. The summed E-state index contributed by atoms with van der Waals surface area (Å²) in [6, 6.07) is 9.00. The normalized spacial score (nSPS) is 15.4. The van der Waals surface area contributed by atoms with Gasteiger partial charge in [-0.15, -0.1) is 0 Å². The van der Waals surface area contributed by atoms with Gasteiger partial charge in [0.1, 0.15) is 17.1 Å². The van der Waals surface area contributed by atoms with Gasteiger partial charge < -0.3 is 30.9 Å². The molecule has 15 heteroatoms. The van der Waals surface area contributed by atoms with Gasteiger partial charge >= 0.3 is 6.18 Å². The van der Waals surface area contributed by atoms with E-state index in [4.69, 9.17) is 4.74 Å². The smallest absolute Gasteiger partial charge is 0.421 e. The van der Waals surface area contributed by atoms with Crippen molar-refractivity contribution in [2.24, 2.45) is 0 Å². The predicted octanol–water partition coefficient (Wildman–Crippen LogP) is 4.69. The molecule has 2 aliphatic rings. The van der Waals surface area contributed by atoms with Crippen LogP contribution >= 0.6 is 0 Å². The Labute approximate surface area is 243 Å². The van der Waals surface area contributed by atoms with E-state index in [2.05, 4.69) is 31.2 Å². The summed E-state index contributed by atoms with van der Waals surface area (Å²) < 4.78 is 73.1. The molecule has 4 N–H and O–H groups in total. The lowest BCUT2D eigenvalue weighted by Gasteiger charge is -2.23. The maximum atomic E-state index is 13.9. The predicted molar refractivity (Wildman–Crippen MR) is 147 cm³/mol. The van der Waals surface area contributed by atoms with Gasteiger partial charge in [0.25, 0.3) is 18.2 Å². The SMILES string of the molecule is COc1cc(C(=O)NC2CCNCC2)ccc1Nc1ncc(C(F)(F)F)c(Nc2cccc3c2C(=O)N(CC(F)F)C3)n1. The van der Waals surface area contributed by atoms with Crippen LogP contribution in [0.25, 0.3) is 0 Å². The molecular formula is C28H28F5N7O3. The van der Waals surface area contributed by atoms with Gasteiger partial charge in [-0.3, -0.25) is 9.59 Å². The van der Waals surface area contributed by atoms with E-state index in [0.717, 1.165) is 30.8 Å². The van der Waals surface area contributed by atoms with Crippen LogP contribution in [0, 0.1) is 0 Å². The number of hydrogen-bond donors (Lipinski definition) is 4. The van der Waals surface area contributed by atoms with Crippen molar-refractivity contribution in [3.63, 3.8) is 0 Å². The molecule has 0 bridgehead atoms. The van der Waals surface area contributed by atoms with Crippen LogP contribution in [0.3, 0.4) is 0 Å². The number of anilines is 4. The Morgan fingerprint density at radius 3 is 2.60 bits per heavy atom. The summed E-state index contributed by atoms with van der Waals surface area (Å²) in [6.07, 6.45) is -5.43. The Hall–Kier alpha value is -4.53. The minimum absolute atomic E-state index is 0.00980. The molecular weight excluding hydrogens is 577 g/mol. The molecule has 0 spiro atoms. The van der Waals surface area contributed by atoms with Crippen molar-refractivity contribution in [1.29, 1.82) is 0 Å². The number of carbonyl (C=O) groups is 2. The minimum Gasteiger partial charge on any atom is -0.495 e. The van der Waals surface area contributed by atoms with Gasteiger partial charge in [0.2, 0.25) is 5.95 Å². The highest BCUT2D eigenvalue weighted by atomic mass is 19.4. The van der Waals surface area contributed by atoms with Crippen molar-refractivity contribution in [3.05, 3.63) is 64.8 Å². The molecule has 2 amide bonds. The largest absolute Gasteiger partial charge is 0.495 e. The Morgan fingerprint density at radius 1 is 1.14 bits per heavy atom. The summed E-state index contributed by atoms with van der Waals surface area (Å²) in [5.74, 6) is -1.68. The number of alkyl halides is 5. The number of fused-ring (bicyclic) bond motifs is 1. The van der Waals surface area contributed by atoms with Gasteiger partial charge in [-0.1, -0.05) is 12.1 Å². The highest BCUT2D eigenvalue weighted by Crippen LogP contribution is 2.38. The first kappa shape index (κ1) is 29.9. The zero-order valence-corrected chi connectivity index (χ0v) is 22.9. The first-order valence-corrected chi connectivity index (χ1v) is 13.4. The number of benzene rings is 2. The molecule has 1 saturated heterocycles. The molecule has 10 nitrogen and oxygen atoms in total. The topological polar surface area (TPSA) is 121 Å². The maximum absolute atomic E-state index is 13.9. The second-order valence-electron chi connectivity index (χ2n) is 10.0. The number of methoxy groups -OCH3 is 1. The fourth-order valence-corrected chi connectivity index (χ4v) is 5.00. The Bertz CT molecular complexity index is 1510. The first-order valence-electron chi connectivity index (χ1n) is 13.4. The number of rotatable bonds is 9. The lowest BCUT2D eigenvalue weighted by atomic mass is 10.1. The minimum atomic E-state index is -4.86. The van der Waals surface area contributed by atoms with Gasteiger partial charge in [-0.05, 0) is 55.8 Å². The van der Waals surface area contributed by atoms with Gasteiger partial charge in [0.05, 0.1) is 30.6 Å². The van der Waals surface area contributed by atoms with E-state index in [0.29, 0.717) is 17.3 Å². The van der Waals surface area contributed by atoms with E-state index >= 15 is 0 Å². The molecule has 0 unspecified atom stereocenters. The van der Waals surface area contributed by atoms with Crippen molar-refractivity contribution in [1.82, 2.24) is 25.5 Å². The van der Waals surface area contributed by atoms with Crippen LogP contribution in [-0.2, 0) is 12.7 Å². The van der Waals surface area contributed by atoms with Crippen molar-refractivity contribution in [2.75, 3.05) is 37.4 Å². The third kappa shape index (κ3) is 6.77. The molecule has 2 aromatic carbocycles. The standard InChI is InChI=1S/C28H28F5N7O3/c1-43-21-11-15(25(41)36-17-7-9-34-10-8-17)5-6-19(21)38-27-35-12-18(28(31,32)33)24(39-27)37-20-4-2-3-16-13-40(14-22(29)30)26(42)23(16)20/h2-6,11-12,17,22,34H,7-10,13-14H2,1H3,(H,36,41)(H2,35,37,38,39). The second kappa shape index (κ2) is 12.4. The van der Waals surface area contributed by atoms with Crippen LogP contribution in [0.4, 0.5) is 45.1 Å².